The molecule has 1 heterocycles. The van der Waals surface area contributed by atoms with Crippen molar-refractivity contribution < 1.29 is 14.3 Å². The summed E-state index contributed by atoms with van der Waals surface area (Å²) in [4.78, 5) is 13.4. The minimum Gasteiger partial charge on any atom is -0.477 e. The van der Waals surface area contributed by atoms with E-state index in [-0.39, 0.29) is 5.69 Å². The molecule has 0 saturated carbocycles. The molecule has 0 radical (unpaired) electrons. The van der Waals surface area contributed by atoms with Crippen LogP contribution in [-0.4, -0.2) is 16.1 Å². The summed E-state index contributed by atoms with van der Waals surface area (Å²) in [7, 11) is 0. The summed E-state index contributed by atoms with van der Waals surface area (Å²) in [5.74, 6) is -1.98. The third kappa shape index (κ3) is 1.73. The van der Waals surface area contributed by atoms with Crippen LogP contribution >= 0.6 is 0 Å². The number of halogens is 1. The second-order valence-electron chi connectivity index (χ2n) is 2.16. The Kier molecular flexibility index (Phi) is 1.85. The topological polar surface area (TPSA) is 50.2 Å². The predicted molar refractivity (Wildman–Crippen MR) is 35.9 cm³/mol. The fourth-order valence-corrected chi connectivity index (χ4v) is 0.734. The van der Waals surface area contributed by atoms with Gasteiger partial charge in [-0.25, -0.2) is 9.78 Å². The zero-order valence-corrected chi connectivity index (χ0v) is 5.84. The van der Waals surface area contributed by atoms with Gasteiger partial charge < -0.3 is 5.11 Å². The number of hydrogen-bond donors (Lipinski definition) is 1. The van der Waals surface area contributed by atoms with Crippen LogP contribution in [0, 0.1) is 12.9 Å². The van der Waals surface area contributed by atoms with E-state index >= 15 is 0 Å². The molecule has 58 valence electrons. The first-order chi connectivity index (χ1) is 5.09. The molecule has 3 nitrogen and oxygen atoms in total. The van der Waals surface area contributed by atoms with Gasteiger partial charge in [0.2, 0.25) is 5.95 Å². The highest BCUT2D eigenvalue weighted by atomic mass is 19.1. The van der Waals surface area contributed by atoms with Gasteiger partial charge in [0.05, 0.1) is 0 Å². The molecule has 0 aliphatic carbocycles. The van der Waals surface area contributed by atoms with Crippen molar-refractivity contribution in [3.8, 4) is 0 Å². The Labute approximate surface area is 62.5 Å². The van der Waals surface area contributed by atoms with Crippen LogP contribution in [0.15, 0.2) is 12.1 Å². The molecule has 11 heavy (non-hydrogen) atoms. The van der Waals surface area contributed by atoms with Gasteiger partial charge in [-0.15, -0.1) is 0 Å². The summed E-state index contributed by atoms with van der Waals surface area (Å²) in [5.41, 5.74) is 0.289. The number of pyridine rings is 1. The molecule has 0 atom stereocenters. The lowest BCUT2D eigenvalue weighted by atomic mass is 10.2. The van der Waals surface area contributed by atoms with E-state index in [9.17, 15) is 9.18 Å². The number of aryl methyl sites for hydroxylation is 1. The minimum absolute atomic E-state index is 0.262. The maximum Gasteiger partial charge on any atom is 0.354 e. The lowest BCUT2D eigenvalue weighted by Gasteiger charge is -1.95. The van der Waals surface area contributed by atoms with Crippen LogP contribution in [0.4, 0.5) is 4.39 Å². The Balaban J connectivity index is 3.19. The van der Waals surface area contributed by atoms with Gasteiger partial charge in [0.15, 0.2) is 5.69 Å². The molecule has 0 aromatic carbocycles. The normalized spacial score (nSPS) is 9.64. The molecule has 4 heteroatoms. The molecule has 1 N–H and O–H groups in total. The van der Waals surface area contributed by atoms with Crippen LogP contribution in [-0.2, 0) is 0 Å². The molecule has 1 aromatic rings. The van der Waals surface area contributed by atoms with Gasteiger partial charge >= 0.3 is 5.97 Å². The van der Waals surface area contributed by atoms with Crippen molar-refractivity contribution in [3.05, 3.63) is 29.3 Å². The second kappa shape index (κ2) is 2.65. The standard InChI is InChI=1S/C7H6FNO2/c1-4-2-5(7(10)11)9-6(8)3-4/h2-3H,1H3,(H,10,11). The summed E-state index contributed by atoms with van der Waals surface area (Å²) in [6, 6.07) is 2.48. The summed E-state index contributed by atoms with van der Waals surface area (Å²) in [6.45, 7) is 1.61. The van der Waals surface area contributed by atoms with Gasteiger partial charge in [0.25, 0.3) is 0 Å². The van der Waals surface area contributed by atoms with Crippen molar-refractivity contribution in [2.75, 3.05) is 0 Å². The van der Waals surface area contributed by atoms with Gasteiger partial charge in [-0.05, 0) is 24.6 Å². The molecule has 0 bridgehead atoms. The smallest absolute Gasteiger partial charge is 0.354 e. The third-order valence-corrected chi connectivity index (χ3v) is 1.16. The van der Waals surface area contributed by atoms with Gasteiger partial charge in [0.1, 0.15) is 0 Å². The molecule has 0 fully saturated rings. The van der Waals surface area contributed by atoms with Gasteiger partial charge in [-0.3, -0.25) is 0 Å². The van der Waals surface area contributed by atoms with Crippen molar-refractivity contribution >= 4 is 5.97 Å². The summed E-state index contributed by atoms with van der Waals surface area (Å²) in [6.07, 6.45) is 0. The van der Waals surface area contributed by atoms with Crippen molar-refractivity contribution in [2.45, 2.75) is 6.92 Å². The Hall–Kier alpha value is -1.45. The molecular formula is C7H6FNO2. The minimum atomic E-state index is -1.22. The number of hydrogen-bond acceptors (Lipinski definition) is 2. The zero-order chi connectivity index (χ0) is 8.43. The van der Waals surface area contributed by atoms with Crippen LogP contribution in [0.2, 0.25) is 0 Å². The molecule has 0 saturated heterocycles. The molecule has 1 rings (SSSR count). The van der Waals surface area contributed by atoms with Gasteiger partial charge in [-0.2, -0.15) is 4.39 Å². The monoisotopic (exact) mass is 155 g/mol. The summed E-state index contributed by atoms with van der Waals surface area (Å²) >= 11 is 0. The molecule has 0 spiro atoms. The quantitative estimate of drug-likeness (QED) is 0.620. The van der Waals surface area contributed by atoms with Crippen LogP contribution in [0.25, 0.3) is 0 Å². The zero-order valence-electron chi connectivity index (χ0n) is 5.84. The lowest BCUT2D eigenvalue weighted by molar-refractivity contribution is 0.0689. The highest BCUT2D eigenvalue weighted by molar-refractivity contribution is 5.85. The number of aromatic carboxylic acids is 1. The lowest BCUT2D eigenvalue weighted by Crippen LogP contribution is -2.02. The van der Waals surface area contributed by atoms with Crippen LogP contribution in [0.1, 0.15) is 16.1 Å². The molecule has 0 unspecified atom stereocenters. The molecule has 0 aliphatic rings. The first kappa shape index (κ1) is 7.65. The Morgan fingerprint density at radius 1 is 1.64 bits per heavy atom. The van der Waals surface area contributed by atoms with Crippen LogP contribution in [0.5, 0.6) is 0 Å². The van der Waals surface area contributed by atoms with Crippen molar-refractivity contribution in [1.29, 1.82) is 0 Å². The van der Waals surface area contributed by atoms with E-state index in [1.54, 1.807) is 6.92 Å². The number of carboxylic acid groups (broad SMARTS) is 1. The van der Waals surface area contributed by atoms with E-state index in [2.05, 4.69) is 4.98 Å². The van der Waals surface area contributed by atoms with E-state index in [0.717, 1.165) is 0 Å². The van der Waals surface area contributed by atoms with Crippen molar-refractivity contribution in [3.63, 3.8) is 0 Å². The number of aromatic nitrogens is 1. The van der Waals surface area contributed by atoms with E-state index in [4.69, 9.17) is 5.11 Å². The van der Waals surface area contributed by atoms with E-state index in [0.29, 0.717) is 5.56 Å². The number of carbonyl (C=O) groups is 1. The number of nitrogens with zero attached hydrogens (tertiary/aromatic N) is 1. The maximum absolute atomic E-state index is 12.4. The SMILES string of the molecule is Cc1cc(F)nc(C(=O)O)c1. The van der Waals surface area contributed by atoms with Gasteiger partial charge in [0, 0.05) is 0 Å². The van der Waals surface area contributed by atoms with Crippen molar-refractivity contribution in [1.82, 2.24) is 4.98 Å². The highest BCUT2D eigenvalue weighted by Crippen LogP contribution is 2.03. The van der Waals surface area contributed by atoms with Crippen LogP contribution < -0.4 is 0 Å². The first-order valence-corrected chi connectivity index (χ1v) is 2.97. The van der Waals surface area contributed by atoms with Gasteiger partial charge in [-0.1, -0.05) is 0 Å². The number of rotatable bonds is 1. The second-order valence-corrected chi connectivity index (χ2v) is 2.16. The number of carboxylic acids is 1. The molecule has 1 aromatic heterocycles. The van der Waals surface area contributed by atoms with Crippen molar-refractivity contribution in [2.24, 2.45) is 0 Å². The largest absolute Gasteiger partial charge is 0.477 e. The molecule has 0 amide bonds. The average Bonchev–Trinajstić information content (AvgIpc) is 1.85. The van der Waals surface area contributed by atoms with E-state index in [1.807, 2.05) is 0 Å². The Bertz CT molecular complexity index is 278. The van der Waals surface area contributed by atoms with Crippen LogP contribution in [0.3, 0.4) is 0 Å². The average molecular weight is 155 g/mol. The fourth-order valence-electron chi connectivity index (χ4n) is 0.734. The molecule has 0 aliphatic heterocycles. The Morgan fingerprint density at radius 2 is 2.27 bits per heavy atom. The van der Waals surface area contributed by atoms with E-state index in [1.165, 1.54) is 12.1 Å². The Morgan fingerprint density at radius 3 is 2.73 bits per heavy atom. The third-order valence-electron chi connectivity index (χ3n) is 1.16. The van der Waals surface area contributed by atoms with E-state index < -0.39 is 11.9 Å². The first-order valence-electron chi connectivity index (χ1n) is 2.97. The predicted octanol–water partition coefficient (Wildman–Crippen LogP) is 1.23. The summed E-state index contributed by atoms with van der Waals surface area (Å²) < 4.78 is 12.4. The molecular weight excluding hydrogens is 149 g/mol. The highest BCUT2D eigenvalue weighted by Gasteiger charge is 2.05. The maximum atomic E-state index is 12.4. The summed E-state index contributed by atoms with van der Waals surface area (Å²) in [5, 5.41) is 8.40. The fraction of sp³-hybridized carbons (Fsp3) is 0.143.